The van der Waals surface area contributed by atoms with E-state index in [1.165, 1.54) is 6.07 Å². The zero-order valence-electron chi connectivity index (χ0n) is 17.2. The van der Waals surface area contributed by atoms with Crippen LogP contribution >= 0.6 is 15.9 Å². The molecule has 0 aliphatic rings. The highest BCUT2D eigenvalue weighted by Crippen LogP contribution is 2.23. The van der Waals surface area contributed by atoms with Gasteiger partial charge in [0.05, 0.1) is 12.2 Å². The number of hydrogen-bond acceptors (Lipinski definition) is 5. The molecule has 0 atom stereocenters. The predicted molar refractivity (Wildman–Crippen MR) is 121 cm³/mol. The summed E-state index contributed by atoms with van der Waals surface area (Å²) in [6.45, 7) is 0.901. The molecule has 6 nitrogen and oxygen atoms in total. The zero-order valence-corrected chi connectivity index (χ0v) is 19.6. The van der Waals surface area contributed by atoms with Crippen molar-refractivity contribution in [2.75, 3.05) is 20.3 Å². The molecule has 0 heterocycles. The van der Waals surface area contributed by atoms with Gasteiger partial charge in [0, 0.05) is 24.7 Å². The third kappa shape index (κ3) is 6.15. The molecular weight excluding hydrogens is 501 g/mol. The molecule has 0 aliphatic heterocycles. The van der Waals surface area contributed by atoms with E-state index in [9.17, 15) is 17.6 Å². The molecule has 0 aromatic heterocycles. The number of hydrogen-bond donors (Lipinski definition) is 0. The van der Waals surface area contributed by atoms with E-state index in [2.05, 4.69) is 15.9 Å². The van der Waals surface area contributed by atoms with Gasteiger partial charge in [-0.1, -0.05) is 24.3 Å². The van der Waals surface area contributed by atoms with Crippen molar-refractivity contribution in [1.29, 1.82) is 0 Å². The van der Waals surface area contributed by atoms with Crippen LogP contribution in [0.5, 0.6) is 5.75 Å². The van der Waals surface area contributed by atoms with Gasteiger partial charge in [-0.25, -0.2) is 4.39 Å². The maximum atomic E-state index is 13.1. The molecule has 32 heavy (non-hydrogen) atoms. The summed E-state index contributed by atoms with van der Waals surface area (Å²) in [6, 6.07) is 17.9. The lowest BCUT2D eigenvalue weighted by Crippen LogP contribution is -2.33. The molecule has 168 valence electrons. The molecule has 0 radical (unpaired) electrons. The van der Waals surface area contributed by atoms with E-state index in [1.807, 2.05) is 6.07 Å². The van der Waals surface area contributed by atoms with Gasteiger partial charge in [0.2, 0.25) is 0 Å². The molecule has 3 rings (SSSR count). The normalized spacial score (nSPS) is 11.2. The van der Waals surface area contributed by atoms with Crippen molar-refractivity contribution in [1.82, 2.24) is 4.90 Å². The van der Waals surface area contributed by atoms with Crippen molar-refractivity contribution in [2.24, 2.45) is 0 Å². The number of rotatable bonds is 9. The van der Waals surface area contributed by atoms with E-state index in [4.69, 9.17) is 8.92 Å². The SMILES string of the molecule is COCCN(Cc1cccc(OS(=O)(=O)c2ccc(F)cc2)c1)C(=O)c1ccccc1Br. The van der Waals surface area contributed by atoms with Crippen molar-refractivity contribution in [2.45, 2.75) is 11.4 Å². The Hall–Kier alpha value is -2.75. The number of nitrogens with zero attached hydrogens (tertiary/aromatic N) is 1. The molecule has 0 spiro atoms. The van der Waals surface area contributed by atoms with E-state index in [0.29, 0.717) is 28.8 Å². The Kier molecular flexibility index (Phi) is 8.00. The Morgan fingerprint density at radius 3 is 2.44 bits per heavy atom. The van der Waals surface area contributed by atoms with Crippen molar-refractivity contribution >= 4 is 32.0 Å². The molecule has 0 N–H and O–H groups in total. The number of benzene rings is 3. The first-order valence-electron chi connectivity index (χ1n) is 9.62. The predicted octanol–water partition coefficient (Wildman–Crippen LogP) is 4.64. The number of halogens is 2. The summed E-state index contributed by atoms with van der Waals surface area (Å²) in [5.41, 5.74) is 1.18. The van der Waals surface area contributed by atoms with Crippen LogP contribution in [-0.4, -0.2) is 39.5 Å². The van der Waals surface area contributed by atoms with E-state index in [0.717, 1.165) is 24.3 Å². The van der Waals surface area contributed by atoms with Crippen molar-refractivity contribution in [3.8, 4) is 5.75 Å². The van der Waals surface area contributed by atoms with Crippen LogP contribution in [0.2, 0.25) is 0 Å². The Labute approximate surface area is 194 Å². The maximum Gasteiger partial charge on any atom is 0.339 e. The van der Waals surface area contributed by atoms with Crippen molar-refractivity contribution in [3.63, 3.8) is 0 Å². The smallest absolute Gasteiger partial charge is 0.339 e. The fourth-order valence-electron chi connectivity index (χ4n) is 2.95. The summed E-state index contributed by atoms with van der Waals surface area (Å²) in [4.78, 5) is 14.5. The first-order valence-corrected chi connectivity index (χ1v) is 11.8. The Morgan fingerprint density at radius 2 is 1.75 bits per heavy atom. The van der Waals surface area contributed by atoms with Gasteiger partial charge in [-0.05, 0) is 70.0 Å². The molecule has 3 aromatic carbocycles. The van der Waals surface area contributed by atoms with Gasteiger partial charge in [0.15, 0.2) is 0 Å². The lowest BCUT2D eigenvalue weighted by Gasteiger charge is -2.23. The van der Waals surface area contributed by atoms with Crippen LogP contribution in [0.15, 0.2) is 82.2 Å². The minimum absolute atomic E-state index is 0.0897. The first kappa shape index (κ1) is 23.9. The van der Waals surface area contributed by atoms with E-state index in [-0.39, 0.29) is 23.1 Å². The van der Waals surface area contributed by atoms with Crippen LogP contribution in [0.4, 0.5) is 4.39 Å². The van der Waals surface area contributed by atoms with E-state index < -0.39 is 15.9 Å². The Morgan fingerprint density at radius 1 is 1.03 bits per heavy atom. The highest BCUT2D eigenvalue weighted by molar-refractivity contribution is 9.10. The second-order valence-electron chi connectivity index (χ2n) is 6.84. The second kappa shape index (κ2) is 10.7. The van der Waals surface area contributed by atoms with Crippen molar-refractivity contribution in [3.05, 3.63) is 94.2 Å². The van der Waals surface area contributed by atoms with E-state index >= 15 is 0 Å². The molecule has 9 heteroatoms. The van der Waals surface area contributed by atoms with Crippen LogP contribution in [0.25, 0.3) is 0 Å². The van der Waals surface area contributed by atoms with Gasteiger partial charge >= 0.3 is 10.1 Å². The monoisotopic (exact) mass is 521 g/mol. The molecule has 0 fully saturated rings. The van der Waals surface area contributed by atoms with Crippen LogP contribution in [0, 0.1) is 5.82 Å². The summed E-state index contributed by atoms with van der Waals surface area (Å²) in [6.07, 6.45) is 0. The maximum absolute atomic E-state index is 13.1. The topological polar surface area (TPSA) is 72.9 Å². The van der Waals surface area contributed by atoms with Gasteiger partial charge in [-0.2, -0.15) is 8.42 Å². The average Bonchev–Trinajstić information content (AvgIpc) is 2.77. The summed E-state index contributed by atoms with van der Waals surface area (Å²) in [7, 11) is -2.58. The fraction of sp³-hybridized carbons (Fsp3) is 0.174. The van der Waals surface area contributed by atoms with E-state index in [1.54, 1.807) is 48.4 Å². The summed E-state index contributed by atoms with van der Waals surface area (Å²) in [5, 5.41) is 0. The van der Waals surface area contributed by atoms with Gasteiger partial charge in [0.1, 0.15) is 16.5 Å². The third-order valence-corrected chi connectivity index (χ3v) is 6.49. The van der Waals surface area contributed by atoms with Crippen LogP contribution in [0.3, 0.4) is 0 Å². The number of carbonyl (C=O) groups excluding carboxylic acids is 1. The quantitative estimate of drug-likeness (QED) is 0.383. The Balaban J connectivity index is 1.81. The molecule has 0 unspecified atom stereocenters. The fourth-order valence-corrected chi connectivity index (χ4v) is 4.33. The summed E-state index contributed by atoms with van der Waals surface area (Å²) in [5.74, 6) is -0.650. The molecule has 1 amide bonds. The standard InChI is InChI=1S/C23H21BrFNO5S/c1-30-14-13-26(23(27)21-7-2-3-8-22(21)24)16-17-5-4-6-19(15-17)31-32(28,29)20-11-9-18(25)10-12-20/h2-12,15H,13-14,16H2,1H3. The second-order valence-corrected chi connectivity index (χ2v) is 9.24. The number of amides is 1. The van der Waals surface area contributed by atoms with Gasteiger partial charge in [0.25, 0.3) is 5.91 Å². The highest BCUT2D eigenvalue weighted by Gasteiger charge is 2.20. The zero-order chi connectivity index (χ0) is 23.1. The molecule has 0 bridgehead atoms. The lowest BCUT2D eigenvalue weighted by molar-refractivity contribution is 0.0679. The molecule has 0 saturated carbocycles. The minimum atomic E-state index is -4.13. The lowest BCUT2D eigenvalue weighted by atomic mass is 10.1. The molecule has 0 saturated heterocycles. The van der Waals surface area contributed by atoms with Gasteiger partial charge in [-0.15, -0.1) is 0 Å². The van der Waals surface area contributed by atoms with Crippen molar-refractivity contribution < 1.29 is 26.5 Å². The molecule has 3 aromatic rings. The average molecular weight is 522 g/mol. The van der Waals surface area contributed by atoms with Crippen LogP contribution < -0.4 is 4.18 Å². The highest BCUT2D eigenvalue weighted by atomic mass is 79.9. The molecular formula is C23H21BrFNO5S. The number of ether oxygens (including phenoxy) is 1. The first-order chi connectivity index (χ1) is 15.3. The summed E-state index contributed by atoms with van der Waals surface area (Å²) >= 11 is 3.40. The van der Waals surface area contributed by atoms with Crippen LogP contribution in [-0.2, 0) is 21.4 Å². The number of carbonyl (C=O) groups is 1. The summed E-state index contributed by atoms with van der Waals surface area (Å²) < 4.78 is 49.1. The van der Waals surface area contributed by atoms with Gasteiger partial charge < -0.3 is 13.8 Å². The van der Waals surface area contributed by atoms with Gasteiger partial charge in [-0.3, -0.25) is 4.79 Å². The Bertz CT molecular complexity index is 1190. The minimum Gasteiger partial charge on any atom is -0.383 e. The number of methoxy groups -OCH3 is 1. The third-order valence-electron chi connectivity index (χ3n) is 4.54. The molecule has 0 aliphatic carbocycles. The largest absolute Gasteiger partial charge is 0.383 e. The van der Waals surface area contributed by atoms with Crippen LogP contribution in [0.1, 0.15) is 15.9 Å².